The maximum Gasteiger partial charge on any atom is 0.202 e. The third-order valence-corrected chi connectivity index (χ3v) is 8.89. The molecule has 0 aromatic heterocycles. The van der Waals surface area contributed by atoms with Gasteiger partial charge in [-0.25, -0.2) is 0 Å². The number of nitrogens with two attached hydrogens (primary N) is 1. The van der Waals surface area contributed by atoms with E-state index in [0.717, 1.165) is 42.9 Å². The highest BCUT2D eigenvalue weighted by atomic mass is 16.5. The highest BCUT2D eigenvalue weighted by Crippen LogP contribution is 2.49. The van der Waals surface area contributed by atoms with Gasteiger partial charge in [-0.2, -0.15) is 0 Å². The van der Waals surface area contributed by atoms with E-state index in [1.165, 1.54) is 57.4 Å². The van der Waals surface area contributed by atoms with Crippen molar-refractivity contribution >= 4 is 17.3 Å². The molecule has 252 valence electrons. The van der Waals surface area contributed by atoms with Crippen molar-refractivity contribution in [3.63, 3.8) is 0 Å². The van der Waals surface area contributed by atoms with Crippen molar-refractivity contribution in [3.8, 4) is 40.2 Å². The number of carbonyl (C=O) groups excluding carboxylic acids is 2. The molecule has 0 amide bonds. The number of aryl methyl sites for hydroxylation is 2. The first kappa shape index (κ1) is 34.4. The number of hydrogen-bond donors (Lipinski definition) is 4. The number of ether oxygens (including phenoxy) is 2. The zero-order valence-electron chi connectivity index (χ0n) is 27.8. The van der Waals surface area contributed by atoms with E-state index in [1.807, 2.05) is 24.3 Å². The van der Waals surface area contributed by atoms with Gasteiger partial charge >= 0.3 is 0 Å². The third kappa shape index (κ3) is 7.59. The van der Waals surface area contributed by atoms with E-state index in [9.17, 15) is 24.9 Å². The van der Waals surface area contributed by atoms with E-state index in [-0.39, 0.29) is 22.7 Å². The van der Waals surface area contributed by atoms with Gasteiger partial charge < -0.3 is 30.5 Å². The van der Waals surface area contributed by atoms with Crippen LogP contribution in [0.25, 0.3) is 0 Å². The summed E-state index contributed by atoms with van der Waals surface area (Å²) in [6.07, 6.45) is 13.8. The van der Waals surface area contributed by atoms with E-state index >= 15 is 0 Å². The molecule has 4 aromatic rings. The predicted molar refractivity (Wildman–Crippen MR) is 187 cm³/mol. The Morgan fingerprint density at radius 3 is 1.44 bits per heavy atom. The minimum Gasteiger partial charge on any atom is -0.507 e. The second kappa shape index (κ2) is 15.7. The molecule has 4 aromatic carbocycles. The first-order valence-electron chi connectivity index (χ1n) is 17.1. The van der Waals surface area contributed by atoms with Crippen LogP contribution in [0.2, 0.25) is 0 Å². The summed E-state index contributed by atoms with van der Waals surface area (Å²) in [5.41, 5.74) is 6.87. The van der Waals surface area contributed by atoms with Crippen LogP contribution < -0.4 is 15.2 Å². The number of unbranched alkanes of at least 4 members (excludes halogenated alkanes) is 8. The fourth-order valence-electron chi connectivity index (χ4n) is 6.19. The molecule has 0 spiro atoms. The molecular formula is C40H45NO7. The van der Waals surface area contributed by atoms with Crippen LogP contribution >= 0.6 is 0 Å². The SMILES string of the molecule is CCCCCCCc1ccc(Oc2cc(N)c3c(c2O)C(=O)c2c(O)cc(Oc4ccc(CCCCCCC)cc4)c(O)c2C3=O)cc1. The number of ketones is 2. The van der Waals surface area contributed by atoms with Gasteiger partial charge in [0.05, 0.1) is 22.3 Å². The molecule has 0 saturated heterocycles. The van der Waals surface area contributed by atoms with Gasteiger partial charge in [0, 0.05) is 17.8 Å². The van der Waals surface area contributed by atoms with Crippen molar-refractivity contribution in [2.45, 2.75) is 90.9 Å². The number of benzene rings is 4. The molecule has 5 rings (SSSR count). The summed E-state index contributed by atoms with van der Waals surface area (Å²) in [4.78, 5) is 27.5. The molecule has 0 saturated carbocycles. The number of rotatable bonds is 16. The lowest BCUT2D eigenvalue weighted by Crippen LogP contribution is -2.23. The molecule has 0 aliphatic heterocycles. The molecule has 5 N–H and O–H groups in total. The van der Waals surface area contributed by atoms with Crippen molar-refractivity contribution in [1.82, 2.24) is 0 Å². The highest BCUT2D eigenvalue weighted by Gasteiger charge is 2.40. The molecule has 0 atom stereocenters. The zero-order chi connectivity index (χ0) is 34.2. The fourth-order valence-corrected chi connectivity index (χ4v) is 6.19. The normalized spacial score (nSPS) is 12.1. The van der Waals surface area contributed by atoms with Crippen LogP contribution in [0.4, 0.5) is 5.69 Å². The first-order valence-corrected chi connectivity index (χ1v) is 17.1. The molecule has 0 radical (unpaired) electrons. The Kier molecular flexibility index (Phi) is 11.3. The number of fused-ring (bicyclic) bond motifs is 2. The van der Waals surface area contributed by atoms with Crippen LogP contribution in [-0.4, -0.2) is 26.9 Å². The molecule has 0 fully saturated rings. The van der Waals surface area contributed by atoms with Crippen molar-refractivity contribution in [2.75, 3.05) is 5.73 Å². The number of carbonyl (C=O) groups is 2. The van der Waals surface area contributed by atoms with Gasteiger partial charge in [-0.1, -0.05) is 89.5 Å². The number of nitrogen functional groups attached to an aromatic ring is 1. The molecule has 0 heterocycles. The summed E-state index contributed by atoms with van der Waals surface area (Å²) in [6, 6.07) is 17.2. The Morgan fingerprint density at radius 1 is 0.542 bits per heavy atom. The Hall–Kier alpha value is -4.98. The van der Waals surface area contributed by atoms with Gasteiger partial charge in [0.2, 0.25) is 11.6 Å². The topological polar surface area (TPSA) is 139 Å². The highest BCUT2D eigenvalue weighted by molar-refractivity contribution is 6.33. The Bertz CT molecular complexity index is 1630. The molecular weight excluding hydrogens is 606 g/mol. The number of anilines is 1. The second-order valence-corrected chi connectivity index (χ2v) is 12.5. The van der Waals surface area contributed by atoms with Crippen LogP contribution in [0, 0.1) is 0 Å². The van der Waals surface area contributed by atoms with Gasteiger partial charge in [0.15, 0.2) is 23.0 Å². The van der Waals surface area contributed by atoms with Gasteiger partial charge in [-0.3, -0.25) is 9.59 Å². The lowest BCUT2D eigenvalue weighted by molar-refractivity contribution is 0.0971. The minimum atomic E-state index is -0.879. The Labute approximate surface area is 282 Å². The summed E-state index contributed by atoms with van der Waals surface area (Å²) in [6.45, 7) is 4.38. The van der Waals surface area contributed by atoms with Crippen LogP contribution in [0.15, 0.2) is 60.7 Å². The smallest absolute Gasteiger partial charge is 0.202 e. The average Bonchev–Trinajstić information content (AvgIpc) is 3.07. The lowest BCUT2D eigenvalue weighted by atomic mass is 9.81. The molecule has 8 heteroatoms. The van der Waals surface area contributed by atoms with E-state index in [0.29, 0.717) is 11.5 Å². The van der Waals surface area contributed by atoms with Crippen LogP contribution in [0.5, 0.6) is 40.2 Å². The molecule has 1 aliphatic rings. The van der Waals surface area contributed by atoms with Gasteiger partial charge in [0.25, 0.3) is 0 Å². The van der Waals surface area contributed by atoms with E-state index < -0.39 is 45.5 Å². The molecule has 1 aliphatic carbocycles. The third-order valence-electron chi connectivity index (χ3n) is 8.89. The fraction of sp³-hybridized carbons (Fsp3) is 0.350. The van der Waals surface area contributed by atoms with E-state index in [2.05, 4.69) is 13.8 Å². The summed E-state index contributed by atoms with van der Waals surface area (Å²) in [5.74, 6) is -3.02. The number of hydrogen-bond acceptors (Lipinski definition) is 8. The van der Waals surface area contributed by atoms with Gasteiger partial charge in [-0.05, 0) is 61.1 Å². The standard InChI is InChI=1S/C40H45NO7/c1-3-5-7-9-11-13-25-15-19-27(20-16-25)47-31-23-29(41)33-35(37(31)43)40(46)34-30(42)24-32(38(44)36(34)39(33)45)48-28-21-17-26(18-22-28)14-12-10-8-6-4-2/h15-24,42-44H,3-14,41H2,1-2H3. The van der Waals surface area contributed by atoms with Crippen molar-refractivity contribution < 1.29 is 34.4 Å². The quantitative estimate of drug-likeness (QED) is 0.0470. The van der Waals surface area contributed by atoms with Crippen molar-refractivity contribution in [1.29, 1.82) is 0 Å². The Balaban J connectivity index is 1.34. The maximum absolute atomic E-state index is 13.8. The van der Waals surface area contributed by atoms with Crippen molar-refractivity contribution in [3.05, 3.63) is 94.0 Å². The average molecular weight is 652 g/mol. The molecule has 48 heavy (non-hydrogen) atoms. The minimum absolute atomic E-state index is 0.115. The predicted octanol–water partition coefficient (Wildman–Crippen LogP) is 9.77. The zero-order valence-corrected chi connectivity index (χ0v) is 27.8. The van der Waals surface area contributed by atoms with Gasteiger partial charge in [-0.15, -0.1) is 0 Å². The van der Waals surface area contributed by atoms with Gasteiger partial charge in [0.1, 0.15) is 17.2 Å². The van der Waals surface area contributed by atoms with Crippen LogP contribution in [0.1, 0.15) is 121 Å². The molecule has 0 bridgehead atoms. The monoisotopic (exact) mass is 651 g/mol. The summed E-state index contributed by atoms with van der Waals surface area (Å²) >= 11 is 0. The maximum atomic E-state index is 13.8. The van der Waals surface area contributed by atoms with Crippen LogP contribution in [0.3, 0.4) is 0 Å². The summed E-state index contributed by atoms with van der Waals surface area (Å²) < 4.78 is 11.8. The second-order valence-electron chi connectivity index (χ2n) is 12.5. The van der Waals surface area contributed by atoms with E-state index in [1.54, 1.807) is 24.3 Å². The molecule has 8 nitrogen and oxygen atoms in total. The lowest BCUT2D eigenvalue weighted by Gasteiger charge is -2.24. The Morgan fingerprint density at radius 2 is 0.958 bits per heavy atom. The van der Waals surface area contributed by atoms with Crippen molar-refractivity contribution in [2.24, 2.45) is 0 Å². The van der Waals surface area contributed by atoms with Crippen LogP contribution in [-0.2, 0) is 12.8 Å². The first-order chi connectivity index (χ1) is 23.2. The number of phenols is 3. The van der Waals surface area contributed by atoms with E-state index in [4.69, 9.17) is 15.2 Å². The number of phenolic OH excluding ortho intramolecular Hbond substituents is 3. The number of aromatic hydroxyl groups is 3. The largest absolute Gasteiger partial charge is 0.507 e. The summed E-state index contributed by atoms with van der Waals surface area (Å²) in [5, 5.41) is 33.3. The molecule has 0 unspecified atom stereocenters. The summed E-state index contributed by atoms with van der Waals surface area (Å²) in [7, 11) is 0.